The van der Waals surface area contributed by atoms with Crippen molar-refractivity contribution in [2.75, 3.05) is 6.61 Å². The number of nitro groups is 1. The quantitative estimate of drug-likeness (QED) is 0.123. The van der Waals surface area contributed by atoms with Gasteiger partial charge in [-0.1, -0.05) is 28.1 Å². The van der Waals surface area contributed by atoms with Crippen LogP contribution < -0.4 is 10.3 Å². The van der Waals surface area contributed by atoms with E-state index in [4.69, 9.17) is 9.15 Å². The zero-order chi connectivity index (χ0) is 25.4. The fourth-order valence-electron chi connectivity index (χ4n) is 3.74. The third kappa shape index (κ3) is 4.42. The number of furan rings is 1. The third-order valence-corrected chi connectivity index (χ3v) is 6.39. The Kier molecular flexibility index (Phi) is 6.42. The number of ether oxygens (including phenoxy) is 1. The van der Waals surface area contributed by atoms with Gasteiger partial charge in [-0.25, -0.2) is 4.98 Å². The number of hydrogen-bond acceptors (Lipinski definition) is 7. The van der Waals surface area contributed by atoms with Gasteiger partial charge in [-0.15, -0.1) is 0 Å². The van der Waals surface area contributed by atoms with Crippen molar-refractivity contribution in [3.8, 4) is 17.3 Å². The van der Waals surface area contributed by atoms with Crippen molar-refractivity contribution in [2.24, 2.45) is 5.10 Å². The molecule has 0 aliphatic heterocycles. The molecule has 36 heavy (non-hydrogen) atoms. The SMILES string of the molecule is CCOc1c(Br)cc(C=Nn2c(-c3cc4cc(Br)ccc4o3)nc3ccccc3c2=O)cc1[N+](=O)[O-]. The average Bonchev–Trinajstić information content (AvgIpc) is 3.27. The number of nitro benzene ring substituents is 1. The van der Waals surface area contributed by atoms with Crippen LogP contribution in [0.1, 0.15) is 12.5 Å². The second-order valence-electron chi connectivity index (χ2n) is 7.65. The van der Waals surface area contributed by atoms with E-state index in [-0.39, 0.29) is 23.9 Å². The van der Waals surface area contributed by atoms with Gasteiger partial charge >= 0.3 is 5.69 Å². The molecule has 2 aromatic heterocycles. The van der Waals surface area contributed by atoms with Crippen molar-refractivity contribution in [3.05, 3.63) is 95.6 Å². The van der Waals surface area contributed by atoms with Crippen LogP contribution in [0.4, 0.5) is 5.69 Å². The lowest BCUT2D eigenvalue weighted by molar-refractivity contribution is -0.385. The van der Waals surface area contributed by atoms with Gasteiger partial charge in [0.15, 0.2) is 5.76 Å². The summed E-state index contributed by atoms with van der Waals surface area (Å²) in [5.41, 5.74) is 0.867. The van der Waals surface area contributed by atoms with E-state index >= 15 is 0 Å². The lowest BCUT2D eigenvalue weighted by Crippen LogP contribution is -2.20. The Morgan fingerprint density at radius 1 is 1.17 bits per heavy atom. The Morgan fingerprint density at radius 2 is 1.97 bits per heavy atom. The van der Waals surface area contributed by atoms with Crippen LogP contribution in [-0.4, -0.2) is 27.4 Å². The monoisotopic (exact) mass is 610 g/mol. The maximum absolute atomic E-state index is 13.4. The van der Waals surface area contributed by atoms with E-state index < -0.39 is 10.5 Å². The third-order valence-electron chi connectivity index (χ3n) is 5.31. The Hall–Kier alpha value is -3.83. The highest BCUT2D eigenvalue weighted by Crippen LogP contribution is 2.36. The molecule has 0 amide bonds. The summed E-state index contributed by atoms with van der Waals surface area (Å²) in [4.78, 5) is 29.1. The fourth-order valence-corrected chi connectivity index (χ4v) is 4.70. The summed E-state index contributed by atoms with van der Waals surface area (Å²) in [5, 5.41) is 17.2. The number of fused-ring (bicyclic) bond motifs is 2. The Labute approximate surface area is 220 Å². The number of halogens is 2. The molecule has 0 fully saturated rings. The van der Waals surface area contributed by atoms with Gasteiger partial charge in [0.05, 0.1) is 33.1 Å². The number of para-hydroxylation sites is 1. The molecule has 0 bridgehead atoms. The summed E-state index contributed by atoms with van der Waals surface area (Å²) in [6.07, 6.45) is 1.36. The summed E-state index contributed by atoms with van der Waals surface area (Å²) >= 11 is 6.77. The molecule has 11 heteroatoms. The lowest BCUT2D eigenvalue weighted by atomic mass is 10.2. The predicted octanol–water partition coefficient (Wildman–Crippen LogP) is 6.52. The van der Waals surface area contributed by atoms with Gasteiger partial charge in [-0.2, -0.15) is 9.78 Å². The first-order chi connectivity index (χ1) is 17.4. The number of rotatable bonds is 6. The van der Waals surface area contributed by atoms with E-state index in [0.717, 1.165) is 14.5 Å². The van der Waals surface area contributed by atoms with Crippen molar-refractivity contribution >= 4 is 65.6 Å². The second kappa shape index (κ2) is 9.67. The summed E-state index contributed by atoms with van der Waals surface area (Å²) in [5.74, 6) is 0.669. The van der Waals surface area contributed by atoms with Gasteiger partial charge in [-0.05, 0) is 65.3 Å². The largest absolute Gasteiger partial charge is 0.486 e. The van der Waals surface area contributed by atoms with Gasteiger partial charge in [0.2, 0.25) is 11.6 Å². The molecule has 0 N–H and O–H groups in total. The molecule has 180 valence electrons. The van der Waals surface area contributed by atoms with Crippen LogP contribution in [0.5, 0.6) is 5.75 Å². The normalized spacial score (nSPS) is 11.5. The predicted molar refractivity (Wildman–Crippen MR) is 144 cm³/mol. The highest BCUT2D eigenvalue weighted by molar-refractivity contribution is 9.10. The lowest BCUT2D eigenvalue weighted by Gasteiger charge is -2.09. The van der Waals surface area contributed by atoms with Crippen LogP contribution in [0.25, 0.3) is 33.5 Å². The first-order valence-corrected chi connectivity index (χ1v) is 12.3. The minimum Gasteiger partial charge on any atom is -0.486 e. The molecule has 0 saturated carbocycles. The van der Waals surface area contributed by atoms with Crippen LogP contribution >= 0.6 is 31.9 Å². The topological polar surface area (TPSA) is 113 Å². The highest BCUT2D eigenvalue weighted by Gasteiger charge is 2.20. The summed E-state index contributed by atoms with van der Waals surface area (Å²) in [7, 11) is 0. The van der Waals surface area contributed by atoms with E-state index in [1.54, 1.807) is 43.3 Å². The Morgan fingerprint density at radius 3 is 2.75 bits per heavy atom. The first kappa shape index (κ1) is 23.9. The Balaban J connectivity index is 1.69. The molecule has 0 atom stereocenters. The number of nitrogens with zero attached hydrogens (tertiary/aromatic N) is 4. The van der Waals surface area contributed by atoms with Crippen LogP contribution in [0.2, 0.25) is 0 Å². The van der Waals surface area contributed by atoms with Gasteiger partial charge in [0, 0.05) is 21.5 Å². The van der Waals surface area contributed by atoms with Crippen LogP contribution in [0, 0.1) is 10.1 Å². The minimum atomic E-state index is -0.533. The molecular formula is C25H16Br2N4O5. The molecule has 0 aliphatic rings. The van der Waals surface area contributed by atoms with Gasteiger partial charge in [0.1, 0.15) is 5.58 Å². The average molecular weight is 612 g/mol. The summed E-state index contributed by atoms with van der Waals surface area (Å²) in [6, 6.07) is 17.2. The van der Waals surface area contributed by atoms with E-state index in [9.17, 15) is 14.9 Å². The maximum Gasteiger partial charge on any atom is 0.312 e. The standard InChI is InChI=1S/C25H16Br2N4O5/c1-2-35-23-18(27)9-14(10-20(23)31(33)34)13-28-30-24(29-19-6-4-3-5-17(19)25(30)32)22-12-15-11-16(26)7-8-21(15)36-22/h3-13H,2H2,1H3. The van der Waals surface area contributed by atoms with Crippen LogP contribution in [-0.2, 0) is 0 Å². The highest BCUT2D eigenvalue weighted by atomic mass is 79.9. The molecule has 0 unspecified atom stereocenters. The molecule has 0 spiro atoms. The van der Waals surface area contributed by atoms with Crippen LogP contribution in [0.15, 0.2) is 83.9 Å². The van der Waals surface area contributed by atoms with Crippen molar-refractivity contribution < 1.29 is 14.1 Å². The van der Waals surface area contributed by atoms with Crippen molar-refractivity contribution in [1.29, 1.82) is 0 Å². The van der Waals surface area contributed by atoms with E-state index in [2.05, 4.69) is 41.9 Å². The molecule has 2 heterocycles. The zero-order valence-electron chi connectivity index (χ0n) is 18.6. The molecule has 0 radical (unpaired) electrons. The van der Waals surface area contributed by atoms with Gasteiger partial charge in [-0.3, -0.25) is 14.9 Å². The molecule has 9 nitrogen and oxygen atoms in total. The molecule has 0 aliphatic carbocycles. The molecule has 0 saturated heterocycles. The Bertz CT molecular complexity index is 1740. The van der Waals surface area contributed by atoms with Gasteiger partial charge < -0.3 is 9.15 Å². The number of hydrogen-bond donors (Lipinski definition) is 0. The maximum atomic E-state index is 13.4. The van der Waals surface area contributed by atoms with Gasteiger partial charge in [0.25, 0.3) is 5.56 Å². The number of aromatic nitrogens is 2. The van der Waals surface area contributed by atoms with E-state index in [1.165, 1.54) is 12.3 Å². The fraction of sp³-hybridized carbons (Fsp3) is 0.0800. The summed E-state index contributed by atoms with van der Waals surface area (Å²) in [6.45, 7) is 2.01. The first-order valence-electron chi connectivity index (χ1n) is 10.7. The van der Waals surface area contributed by atoms with E-state index in [1.807, 2.05) is 18.2 Å². The van der Waals surface area contributed by atoms with Crippen molar-refractivity contribution in [2.45, 2.75) is 6.92 Å². The molecule has 5 rings (SSSR count). The summed E-state index contributed by atoms with van der Waals surface area (Å²) < 4.78 is 13.8. The zero-order valence-corrected chi connectivity index (χ0v) is 21.8. The molecule has 5 aromatic rings. The second-order valence-corrected chi connectivity index (χ2v) is 9.42. The molecular weight excluding hydrogens is 596 g/mol. The van der Waals surface area contributed by atoms with Crippen LogP contribution in [0.3, 0.4) is 0 Å². The smallest absolute Gasteiger partial charge is 0.312 e. The minimum absolute atomic E-state index is 0.123. The van der Waals surface area contributed by atoms with Crippen molar-refractivity contribution in [3.63, 3.8) is 0 Å². The van der Waals surface area contributed by atoms with E-state index in [0.29, 0.717) is 32.3 Å². The number of benzene rings is 3. The van der Waals surface area contributed by atoms with Crippen molar-refractivity contribution in [1.82, 2.24) is 9.66 Å². The molecule has 3 aromatic carbocycles.